The van der Waals surface area contributed by atoms with Crippen LogP contribution in [0.15, 0.2) is 42.0 Å². The van der Waals surface area contributed by atoms with Gasteiger partial charge in [0.25, 0.3) is 0 Å². The van der Waals surface area contributed by atoms with Crippen LogP contribution >= 0.6 is 0 Å². The molecule has 33 heavy (non-hydrogen) atoms. The van der Waals surface area contributed by atoms with Gasteiger partial charge in [0, 0.05) is 5.92 Å². The van der Waals surface area contributed by atoms with Crippen molar-refractivity contribution < 1.29 is 29.0 Å². The van der Waals surface area contributed by atoms with E-state index in [9.17, 15) is 19.5 Å². The molecule has 1 aromatic rings. The molecule has 7 heteroatoms. The fourth-order valence-corrected chi connectivity index (χ4v) is 5.55. The van der Waals surface area contributed by atoms with Crippen LogP contribution in [-0.2, 0) is 25.7 Å². The van der Waals surface area contributed by atoms with Crippen LogP contribution in [-0.4, -0.2) is 46.2 Å². The summed E-state index contributed by atoms with van der Waals surface area (Å²) in [5, 5.41) is 10.1. The fourth-order valence-electron chi connectivity index (χ4n) is 5.55. The molecule has 2 fully saturated rings. The number of amides is 2. The average Bonchev–Trinajstić information content (AvgIpc) is 3.05. The van der Waals surface area contributed by atoms with E-state index in [2.05, 4.69) is 6.08 Å². The molecule has 5 atom stereocenters. The molecule has 0 radical (unpaired) electrons. The molecule has 1 heterocycles. The van der Waals surface area contributed by atoms with Gasteiger partial charge in [0.15, 0.2) is 0 Å². The van der Waals surface area contributed by atoms with Crippen LogP contribution < -0.4 is 0 Å². The minimum absolute atomic E-state index is 0.0394. The Morgan fingerprint density at radius 2 is 1.88 bits per heavy atom. The number of benzene rings is 1. The quantitative estimate of drug-likeness (QED) is 0.661. The summed E-state index contributed by atoms with van der Waals surface area (Å²) in [7, 11) is 0. The lowest BCUT2D eigenvalue weighted by Gasteiger charge is -2.39. The van der Waals surface area contributed by atoms with E-state index < -0.39 is 47.4 Å². The average molecular weight is 456 g/mol. The molecule has 4 rings (SSSR count). The molecule has 0 unspecified atom stereocenters. The number of carbonyl (C=O) groups excluding carboxylic acids is 2. The van der Waals surface area contributed by atoms with Gasteiger partial charge in [-0.05, 0) is 51.5 Å². The highest BCUT2D eigenvalue weighted by Crippen LogP contribution is 2.50. The Morgan fingerprint density at radius 1 is 1.15 bits per heavy atom. The van der Waals surface area contributed by atoms with Crippen LogP contribution in [0, 0.1) is 23.7 Å². The maximum Gasteiger partial charge on any atom is 0.417 e. The number of fused-ring (bicyclic) bond motifs is 2. The molecular formula is C26H33NO6. The molecule has 0 bridgehead atoms. The van der Waals surface area contributed by atoms with Crippen molar-refractivity contribution >= 4 is 18.0 Å². The van der Waals surface area contributed by atoms with E-state index in [-0.39, 0.29) is 19.1 Å². The van der Waals surface area contributed by atoms with Crippen LogP contribution in [0.2, 0.25) is 0 Å². The maximum atomic E-state index is 13.6. The molecule has 2 amide bonds. The predicted octanol–water partition coefficient (Wildman–Crippen LogP) is 4.41. The fraction of sp³-hybridized carbons (Fsp3) is 0.577. The first kappa shape index (κ1) is 23.5. The number of carboxylic acids is 1. The van der Waals surface area contributed by atoms with Gasteiger partial charge in [-0.3, -0.25) is 9.59 Å². The third-order valence-corrected chi connectivity index (χ3v) is 7.02. The second-order valence-corrected chi connectivity index (χ2v) is 10.3. The van der Waals surface area contributed by atoms with Gasteiger partial charge in [-0.1, -0.05) is 48.4 Å². The van der Waals surface area contributed by atoms with Gasteiger partial charge in [0.2, 0.25) is 5.91 Å². The highest BCUT2D eigenvalue weighted by atomic mass is 16.6. The van der Waals surface area contributed by atoms with Crippen molar-refractivity contribution in [3.05, 3.63) is 47.5 Å². The monoisotopic (exact) mass is 455 g/mol. The number of aliphatic carboxylic acids is 1. The van der Waals surface area contributed by atoms with E-state index in [1.165, 1.54) is 0 Å². The van der Waals surface area contributed by atoms with Crippen molar-refractivity contribution in [1.29, 1.82) is 0 Å². The molecule has 1 aromatic carbocycles. The van der Waals surface area contributed by atoms with Crippen molar-refractivity contribution in [3.63, 3.8) is 0 Å². The smallest absolute Gasteiger partial charge is 0.417 e. The van der Waals surface area contributed by atoms with Crippen LogP contribution in [0.4, 0.5) is 4.79 Å². The number of carboxylic acid groups (broad SMARTS) is 1. The standard InChI is InChI=1S/C26H33NO6/c1-26(2,3)33-15-20-19-13-17-11-7-8-12-18(17)22(24(29)30)21(19)23(28)27(20)25(31)32-14-16-9-5-4-6-10-16/h4-6,9-10,13,18-22H,7-8,11-12,14-15H2,1-3H3,(H,29,30)/t18-,19-,20-,21+,22-/m1/s1. The van der Waals surface area contributed by atoms with Crippen LogP contribution in [0.1, 0.15) is 52.0 Å². The Kier molecular flexibility index (Phi) is 6.61. The van der Waals surface area contributed by atoms with Gasteiger partial charge in [-0.2, -0.15) is 0 Å². The summed E-state index contributed by atoms with van der Waals surface area (Å²) in [4.78, 5) is 40.2. The maximum absolute atomic E-state index is 13.6. The lowest BCUT2D eigenvalue weighted by atomic mass is 9.63. The number of imide groups is 1. The predicted molar refractivity (Wildman–Crippen MR) is 121 cm³/mol. The molecule has 0 spiro atoms. The summed E-state index contributed by atoms with van der Waals surface area (Å²) >= 11 is 0. The number of rotatable bonds is 5. The zero-order valence-corrected chi connectivity index (χ0v) is 19.5. The second-order valence-electron chi connectivity index (χ2n) is 10.3. The normalized spacial score (nSPS) is 29.2. The first-order chi connectivity index (χ1) is 15.7. The van der Waals surface area contributed by atoms with Gasteiger partial charge < -0.3 is 14.6 Å². The molecule has 0 aromatic heterocycles. The number of ether oxygens (including phenoxy) is 2. The Bertz CT molecular complexity index is 934. The molecular weight excluding hydrogens is 422 g/mol. The van der Waals surface area contributed by atoms with Crippen molar-refractivity contribution in [2.75, 3.05) is 6.61 Å². The lowest BCUT2D eigenvalue weighted by Crippen LogP contribution is -2.44. The highest BCUT2D eigenvalue weighted by Gasteiger charge is 2.59. The minimum Gasteiger partial charge on any atom is -0.481 e. The zero-order valence-electron chi connectivity index (χ0n) is 19.5. The van der Waals surface area contributed by atoms with E-state index >= 15 is 0 Å². The molecule has 7 nitrogen and oxygen atoms in total. The molecule has 1 saturated carbocycles. The summed E-state index contributed by atoms with van der Waals surface area (Å²) < 4.78 is 11.5. The van der Waals surface area contributed by atoms with Crippen LogP contribution in [0.5, 0.6) is 0 Å². The summed E-state index contributed by atoms with van der Waals surface area (Å²) in [6.45, 7) is 5.91. The Balaban J connectivity index is 1.65. The first-order valence-electron chi connectivity index (χ1n) is 11.8. The topological polar surface area (TPSA) is 93.1 Å². The Labute approximate surface area is 194 Å². The van der Waals surface area contributed by atoms with Gasteiger partial charge >= 0.3 is 12.1 Å². The number of allylic oxidation sites excluding steroid dienone is 1. The largest absolute Gasteiger partial charge is 0.481 e. The molecule has 1 saturated heterocycles. The third-order valence-electron chi connectivity index (χ3n) is 7.02. The number of likely N-dealkylation sites (tertiary alicyclic amines) is 1. The number of nitrogens with zero attached hydrogens (tertiary/aromatic N) is 1. The van der Waals surface area contributed by atoms with Crippen LogP contribution in [0.3, 0.4) is 0 Å². The number of carbonyl (C=O) groups is 3. The lowest BCUT2D eigenvalue weighted by molar-refractivity contribution is -0.150. The number of hydrogen-bond acceptors (Lipinski definition) is 5. The first-order valence-corrected chi connectivity index (χ1v) is 11.8. The van der Waals surface area contributed by atoms with Crippen molar-refractivity contribution in [3.8, 4) is 0 Å². The minimum atomic E-state index is -0.967. The van der Waals surface area contributed by atoms with Crippen molar-refractivity contribution in [2.24, 2.45) is 23.7 Å². The van der Waals surface area contributed by atoms with E-state index in [1.54, 1.807) is 0 Å². The second kappa shape index (κ2) is 9.29. The van der Waals surface area contributed by atoms with Gasteiger partial charge in [-0.15, -0.1) is 0 Å². The number of hydrogen-bond donors (Lipinski definition) is 1. The molecule has 1 aliphatic heterocycles. The van der Waals surface area contributed by atoms with E-state index in [0.29, 0.717) is 0 Å². The summed E-state index contributed by atoms with van der Waals surface area (Å²) in [5.74, 6) is -3.58. The zero-order chi connectivity index (χ0) is 23.8. The van der Waals surface area contributed by atoms with Crippen molar-refractivity contribution in [2.45, 2.75) is 64.7 Å². The van der Waals surface area contributed by atoms with E-state index in [0.717, 1.165) is 41.7 Å². The van der Waals surface area contributed by atoms with Crippen molar-refractivity contribution in [1.82, 2.24) is 4.90 Å². The SMILES string of the molecule is CC(C)(C)OC[C@@H]1[C@H]2C=C3CCCC[C@H]3[C@@H](C(=O)O)[C@H]2C(=O)N1C(=O)OCc1ccccc1. The summed E-state index contributed by atoms with van der Waals surface area (Å²) in [5.41, 5.74) is 1.46. The molecule has 3 aliphatic rings. The summed E-state index contributed by atoms with van der Waals surface area (Å²) in [6, 6.07) is 8.67. The van der Waals surface area contributed by atoms with Crippen LogP contribution in [0.25, 0.3) is 0 Å². The highest BCUT2D eigenvalue weighted by molar-refractivity contribution is 5.98. The molecule has 178 valence electrons. The van der Waals surface area contributed by atoms with Gasteiger partial charge in [0.05, 0.1) is 30.1 Å². The molecule has 2 aliphatic carbocycles. The molecule has 1 N–H and O–H groups in total. The third kappa shape index (κ3) is 4.83. The van der Waals surface area contributed by atoms with E-state index in [1.807, 2.05) is 51.1 Å². The van der Waals surface area contributed by atoms with Gasteiger partial charge in [0.1, 0.15) is 6.61 Å². The Hall–Kier alpha value is -2.67. The summed E-state index contributed by atoms with van der Waals surface area (Å²) in [6.07, 6.45) is 4.92. The Morgan fingerprint density at radius 3 is 2.55 bits per heavy atom. The van der Waals surface area contributed by atoms with Gasteiger partial charge in [-0.25, -0.2) is 9.69 Å². The van der Waals surface area contributed by atoms with E-state index in [4.69, 9.17) is 9.47 Å².